The van der Waals surface area contributed by atoms with Gasteiger partial charge < -0.3 is 16.0 Å². The van der Waals surface area contributed by atoms with Crippen LogP contribution < -0.4 is 16.0 Å². The second kappa shape index (κ2) is 9.38. The van der Waals surface area contributed by atoms with Crippen LogP contribution in [0.2, 0.25) is 0 Å². The molecule has 0 aromatic carbocycles. The lowest BCUT2D eigenvalue weighted by Gasteiger charge is -2.15. The average molecular weight is 360 g/mol. The summed E-state index contributed by atoms with van der Waals surface area (Å²) in [5.41, 5.74) is 5.87. The fraction of sp³-hybridized carbons (Fsp3) is 0.400. The van der Waals surface area contributed by atoms with E-state index in [1.54, 1.807) is 17.2 Å². The lowest BCUT2D eigenvalue weighted by molar-refractivity contribution is 0.0955. The zero-order valence-electron chi connectivity index (χ0n) is 10.1. The first-order valence-corrected chi connectivity index (χ1v) is 5.66. The van der Waals surface area contributed by atoms with E-state index in [1.165, 1.54) is 0 Å². The third-order valence-corrected chi connectivity index (χ3v) is 2.37. The molecule has 104 valence electrons. The predicted molar refractivity (Wildman–Crippen MR) is 82.1 cm³/mol. The molecule has 1 aromatic heterocycles. The van der Waals surface area contributed by atoms with Crippen molar-refractivity contribution in [2.75, 3.05) is 32.1 Å². The van der Waals surface area contributed by atoms with Crippen molar-refractivity contribution in [2.24, 2.45) is 5.73 Å². The van der Waals surface area contributed by atoms with Crippen molar-refractivity contribution in [1.82, 2.24) is 10.3 Å². The molecule has 1 heterocycles. The number of carbonyl (C=O) groups is 1. The van der Waals surface area contributed by atoms with Gasteiger partial charge in [0, 0.05) is 37.9 Å². The van der Waals surface area contributed by atoms with Crippen molar-refractivity contribution in [3.8, 4) is 0 Å². The number of carbonyl (C=O) groups excluding carboxylic acids is 1. The molecule has 1 aromatic rings. The molecule has 1 rings (SSSR count). The maximum atomic E-state index is 11.8. The van der Waals surface area contributed by atoms with Crippen molar-refractivity contribution in [1.29, 1.82) is 0 Å². The molecule has 5 nitrogen and oxygen atoms in total. The van der Waals surface area contributed by atoms with E-state index in [1.807, 2.05) is 14.1 Å². The van der Waals surface area contributed by atoms with Crippen LogP contribution in [0.5, 0.6) is 0 Å². The molecular weight excluding hydrogens is 343 g/mol. The molecule has 0 radical (unpaired) electrons. The zero-order chi connectivity index (χ0) is 12.1. The predicted octanol–water partition coefficient (Wildman–Crippen LogP) is 1.44. The van der Waals surface area contributed by atoms with Crippen LogP contribution in [0.15, 0.2) is 16.7 Å². The Bertz CT molecular complexity index is 390. The molecule has 8 heteroatoms. The second-order valence-corrected chi connectivity index (χ2v) is 4.38. The topological polar surface area (TPSA) is 71.2 Å². The van der Waals surface area contributed by atoms with Crippen LogP contribution in [0, 0.1) is 0 Å². The van der Waals surface area contributed by atoms with Crippen LogP contribution in [0.3, 0.4) is 0 Å². The van der Waals surface area contributed by atoms with Gasteiger partial charge in [-0.1, -0.05) is 0 Å². The molecule has 0 aliphatic rings. The van der Waals surface area contributed by atoms with Gasteiger partial charge in [0.05, 0.1) is 5.56 Å². The summed E-state index contributed by atoms with van der Waals surface area (Å²) < 4.78 is 0.774. The fourth-order valence-corrected chi connectivity index (χ4v) is 1.57. The van der Waals surface area contributed by atoms with Crippen LogP contribution in [-0.4, -0.2) is 38.1 Å². The van der Waals surface area contributed by atoms with Crippen LogP contribution in [-0.2, 0) is 0 Å². The van der Waals surface area contributed by atoms with Gasteiger partial charge >= 0.3 is 0 Å². The summed E-state index contributed by atoms with van der Waals surface area (Å²) in [6.45, 7) is 0.878. The SMILES string of the molecule is CN(C)c1ncc(Br)cc1C(=O)NCCN.Cl.Cl. The number of halogens is 3. The molecule has 0 aliphatic heterocycles. The third kappa shape index (κ3) is 5.39. The van der Waals surface area contributed by atoms with E-state index in [0.717, 1.165) is 4.47 Å². The van der Waals surface area contributed by atoms with Gasteiger partial charge in [-0.15, -0.1) is 24.8 Å². The average Bonchev–Trinajstić information content (AvgIpc) is 2.25. The number of rotatable bonds is 4. The highest BCUT2D eigenvalue weighted by Crippen LogP contribution is 2.19. The summed E-state index contributed by atoms with van der Waals surface area (Å²) in [4.78, 5) is 17.8. The number of nitrogens with zero attached hydrogens (tertiary/aromatic N) is 2. The number of nitrogens with one attached hydrogen (secondary N) is 1. The molecular formula is C10H17BrCl2N4O. The van der Waals surface area contributed by atoms with E-state index in [9.17, 15) is 4.79 Å². The molecule has 0 unspecified atom stereocenters. The number of aromatic nitrogens is 1. The van der Waals surface area contributed by atoms with Gasteiger partial charge in [0.25, 0.3) is 5.91 Å². The third-order valence-electron chi connectivity index (χ3n) is 1.93. The van der Waals surface area contributed by atoms with Crippen molar-refractivity contribution in [2.45, 2.75) is 0 Å². The monoisotopic (exact) mass is 358 g/mol. The normalized spacial score (nSPS) is 8.89. The molecule has 0 aliphatic carbocycles. The molecule has 1 amide bonds. The smallest absolute Gasteiger partial charge is 0.255 e. The van der Waals surface area contributed by atoms with Crippen LogP contribution in [0.4, 0.5) is 5.82 Å². The number of pyridine rings is 1. The second-order valence-electron chi connectivity index (χ2n) is 3.46. The Morgan fingerprint density at radius 2 is 2.11 bits per heavy atom. The van der Waals surface area contributed by atoms with Gasteiger partial charge in [-0.05, 0) is 22.0 Å². The molecule has 0 saturated carbocycles. The highest BCUT2D eigenvalue weighted by Gasteiger charge is 2.14. The van der Waals surface area contributed by atoms with Crippen LogP contribution >= 0.6 is 40.7 Å². The Balaban J connectivity index is 0. The van der Waals surface area contributed by atoms with Gasteiger partial charge in [-0.2, -0.15) is 0 Å². The molecule has 0 atom stereocenters. The molecule has 0 fully saturated rings. The van der Waals surface area contributed by atoms with E-state index in [2.05, 4.69) is 26.2 Å². The van der Waals surface area contributed by atoms with Crippen molar-refractivity contribution in [3.05, 3.63) is 22.3 Å². The quantitative estimate of drug-likeness (QED) is 0.853. The lowest BCUT2D eigenvalue weighted by atomic mass is 10.2. The van der Waals surface area contributed by atoms with Gasteiger partial charge in [-0.25, -0.2) is 4.98 Å². The first kappa shape index (κ1) is 19.8. The van der Waals surface area contributed by atoms with Gasteiger partial charge in [0.2, 0.25) is 0 Å². The van der Waals surface area contributed by atoms with Crippen molar-refractivity contribution in [3.63, 3.8) is 0 Å². The molecule has 18 heavy (non-hydrogen) atoms. The summed E-state index contributed by atoms with van der Waals surface area (Å²) in [5, 5.41) is 2.72. The maximum absolute atomic E-state index is 11.8. The first-order chi connectivity index (χ1) is 7.56. The summed E-state index contributed by atoms with van der Waals surface area (Å²) in [6.07, 6.45) is 1.66. The number of amides is 1. The highest BCUT2D eigenvalue weighted by atomic mass is 79.9. The van der Waals surface area contributed by atoms with Gasteiger partial charge in [0.1, 0.15) is 5.82 Å². The van der Waals surface area contributed by atoms with Gasteiger partial charge in [-0.3, -0.25) is 4.79 Å². The Labute approximate surface area is 127 Å². The Hall–Kier alpha value is -0.560. The number of nitrogens with two attached hydrogens (primary N) is 1. The Morgan fingerprint density at radius 3 is 2.61 bits per heavy atom. The van der Waals surface area contributed by atoms with E-state index < -0.39 is 0 Å². The molecule has 0 saturated heterocycles. The molecule has 3 N–H and O–H groups in total. The minimum Gasteiger partial charge on any atom is -0.362 e. The number of hydrogen-bond acceptors (Lipinski definition) is 4. The first-order valence-electron chi connectivity index (χ1n) is 4.87. The van der Waals surface area contributed by atoms with Crippen LogP contribution in [0.25, 0.3) is 0 Å². The standard InChI is InChI=1S/C10H15BrN4O.2ClH/c1-15(2)9-8(5-7(11)6-14-9)10(16)13-4-3-12;;/h5-6H,3-4,12H2,1-2H3,(H,13,16);2*1H. The van der Waals surface area contributed by atoms with Gasteiger partial charge in [0.15, 0.2) is 0 Å². The van der Waals surface area contributed by atoms with Crippen LogP contribution in [0.1, 0.15) is 10.4 Å². The maximum Gasteiger partial charge on any atom is 0.255 e. The zero-order valence-corrected chi connectivity index (χ0v) is 13.4. The van der Waals surface area contributed by atoms with E-state index in [4.69, 9.17) is 5.73 Å². The fourth-order valence-electron chi connectivity index (χ4n) is 1.24. The summed E-state index contributed by atoms with van der Waals surface area (Å²) in [6, 6.07) is 1.74. The van der Waals surface area contributed by atoms with E-state index in [-0.39, 0.29) is 30.7 Å². The van der Waals surface area contributed by atoms with E-state index in [0.29, 0.717) is 24.5 Å². The molecule has 0 bridgehead atoms. The lowest BCUT2D eigenvalue weighted by Crippen LogP contribution is -2.30. The largest absolute Gasteiger partial charge is 0.362 e. The Kier molecular flexibility index (Phi) is 10.3. The summed E-state index contributed by atoms with van der Waals surface area (Å²) >= 11 is 3.30. The minimum atomic E-state index is -0.164. The van der Waals surface area contributed by atoms with E-state index >= 15 is 0 Å². The molecule has 0 spiro atoms. The Morgan fingerprint density at radius 1 is 1.50 bits per heavy atom. The highest BCUT2D eigenvalue weighted by molar-refractivity contribution is 9.10. The summed E-state index contributed by atoms with van der Waals surface area (Å²) in [5.74, 6) is 0.473. The minimum absolute atomic E-state index is 0. The number of anilines is 1. The van der Waals surface area contributed by atoms with Crippen molar-refractivity contribution >= 4 is 52.5 Å². The number of hydrogen-bond donors (Lipinski definition) is 2. The summed E-state index contributed by atoms with van der Waals surface area (Å²) in [7, 11) is 3.69. The van der Waals surface area contributed by atoms with Crippen molar-refractivity contribution < 1.29 is 4.79 Å².